The normalized spacial score (nSPS) is 43.0. The number of alkyl halides is 7. The van der Waals surface area contributed by atoms with Gasteiger partial charge < -0.3 is 28.8 Å². The van der Waals surface area contributed by atoms with Gasteiger partial charge in [-0.25, -0.2) is 22.8 Å². The van der Waals surface area contributed by atoms with Gasteiger partial charge in [0.2, 0.25) is 17.2 Å². The molecule has 1 aliphatic heterocycles. The van der Waals surface area contributed by atoms with E-state index < -0.39 is 103 Å². The molecule has 228 valence electrons. The van der Waals surface area contributed by atoms with Crippen LogP contribution in [0.1, 0.15) is 52.4 Å². The van der Waals surface area contributed by atoms with Gasteiger partial charge in [0.25, 0.3) is 0 Å². The smallest absolute Gasteiger partial charge is 0.377 e. The second kappa shape index (κ2) is 9.40. The summed E-state index contributed by atoms with van der Waals surface area (Å²) in [6, 6.07) is 0. The summed E-state index contributed by atoms with van der Waals surface area (Å²) in [5.74, 6) is -22.7. The van der Waals surface area contributed by atoms with E-state index in [0.29, 0.717) is 32.6 Å². The molecule has 1 spiro atoms. The standard InChI is InChI=1S/C25H31F7O8/c1-20(26,27)18(33)39-16-12-3-5-14(7-12)24(16,35)36-11-23(31,32)22(30)9-37-25(38-10-22)15-6-4-13(8-15)17(25)40-19(34)21(2,28)29/h12-17,35H,3-11H2,1-2H3. The lowest BCUT2D eigenvalue weighted by molar-refractivity contribution is -0.384. The molecule has 15 heteroatoms. The maximum atomic E-state index is 15.7. The van der Waals surface area contributed by atoms with Gasteiger partial charge >= 0.3 is 29.7 Å². The van der Waals surface area contributed by atoms with Gasteiger partial charge in [0.15, 0.2) is 12.2 Å². The van der Waals surface area contributed by atoms with Gasteiger partial charge in [0, 0.05) is 37.5 Å². The molecule has 4 aliphatic carbocycles. The number of fused-ring (bicyclic) bond motifs is 5. The number of carbonyl (C=O) groups is 2. The number of carbonyl (C=O) groups excluding carboxylic acids is 2. The molecule has 7 unspecified atom stereocenters. The summed E-state index contributed by atoms with van der Waals surface area (Å²) in [5.41, 5.74) is -3.51. The zero-order valence-corrected chi connectivity index (χ0v) is 21.8. The summed E-state index contributed by atoms with van der Waals surface area (Å²) >= 11 is 0. The molecule has 0 radical (unpaired) electrons. The minimum absolute atomic E-state index is 0.171. The van der Waals surface area contributed by atoms with Crippen LogP contribution in [0.25, 0.3) is 0 Å². The zero-order valence-electron chi connectivity index (χ0n) is 21.8. The molecular weight excluding hydrogens is 561 g/mol. The highest BCUT2D eigenvalue weighted by Crippen LogP contribution is 2.58. The van der Waals surface area contributed by atoms with Gasteiger partial charge in [-0.2, -0.15) is 17.6 Å². The lowest BCUT2D eigenvalue weighted by atomic mass is 9.88. The van der Waals surface area contributed by atoms with Crippen LogP contribution in [0.5, 0.6) is 0 Å². The third kappa shape index (κ3) is 4.68. The Morgan fingerprint density at radius 3 is 1.85 bits per heavy atom. The van der Waals surface area contributed by atoms with Gasteiger partial charge in [0.05, 0.1) is 13.2 Å². The molecule has 8 nitrogen and oxygen atoms in total. The van der Waals surface area contributed by atoms with Crippen molar-refractivity contribution >= 4 is 11.9 Å². The Balaban J connectivity index is 1.27. The lowest BCUT2D eigenvalue weighted by Gasteiger charge is -2.49. The van der Waals surface area contributed by atoms with E-state index in [2.05, 4.69) is 0 Å². The molecule has 0 aromatic rings. The molecule has 0 amide bonds. The van der Waals surface area contributed by atoms with Gasteiger partial charge in [-0.1, -0.05) is 0 Å². The van der Waals surface area contributed by atoms with Gasteiger partial charge in [0.1, 0.15) is 6.61 Å². The number of rotatable bonds is 8. The van der Waals surface area contributed by atoms with E-state index >= 15 is 13.2 Å². The van der Waals surface area contributed by atoms with Crippen LogP contribution in [0.3, 0.4) is 0 Å². The van der Waals surface area contributed by atoms with Crippen molar-refractivity contribution in [1.29, 1.82) is 0 Å². The molecule has 4 bridgehead atoms. The number of halogens is 7. The Morgan fingerprint density at radius 2 is 1.30 bits per heavy atom. The van der Waals surface area contributed by atoms with Crippen molar-refractivity contribution in [2.75, 3.05) is 19.8 Å². The summed E-state index contributed by atoms with van der Waals surface area (Å²) in [6.07, 6.45) is -0.851. The number of esters is 2. The van der Waals surface area contributed by atoms with Crippen LogP contribution < -0.4 is 0 Å². The van der Waals surface area contributed by atoms with E-state index in [0.717, 1.165) is 0 Å². The first-order chi connectivity index (χ1) is 18.3. The molecule has 5 fully saturated rings. The maximum Gasteiger partial charge on any atom is 0.377 e. The Hall–Kier alpha value is -1.71. The fourth-order valence-corrected chi connectivity index (χ4v) is 6.94. The van der Waals surface area contributed by atoms with Crippen LogP contribution in [0, 0.1) is 23.7 Å². The van der Waals surface area contributed by atoms with Crippen LogP contribution in [0.4, 0.5) is 30.7 Å². The maximum absolute atomic E-state index is 15.7. The number of hydrogen-bond acceptors (Lipinski definition) is 8. The number of aliphatic hydroxyl groups is 1. The molecule has 5 rings (SSSR count). The van der Waals surface area contributed by atoms with Gasteiger partial charge in [-0.3, -0.25) is 0 Å². The van der Waals surface area contributed by atoms with E-state index in [1.807, 2.05) is 0 Å². The molecular formula is C25H31F7O8. The predicted octanol–water partition coefficient (Wildman–Crippen LogP) is 3.77. The fourth-order valence-electron chi connectivity index (χ4n) is 6.94. The first-order valence-electron chi connectivity index (χ1n) is 13.2. The van der Waals surface area contributed by atoms with Crippen molar-refractivity contribution in [2.45, 2.75) is 99.6 Å². The summed E-state index contributed by atoms with van der Waals surface area (Å²) in [5, 5.41) is 11.1. The molecule has 0 aromatic carbocycles. The second-order valence-electron chi connectivity index (χ2n) is 12.0. The third-order valence-electron chi connectivity index (χ3n) is 9.14. The SMILES string of the molecule is CC(F)(F)C(=O)OC1C2CCC(C2)C1(O)OCC(F)(F)C1(F)COC2(OC1)C1CCC(C1)C2OC(=O)C(C)(F)F. The van der Waals surface area contributed by atoms with Crippen molar-refractivity contribution in [3.63, 3.8) is 0 Å². The highest BCUT2D eigenvalue weighted by Gasteiger charge is 2.70. The molecule has 1 N–H and O–H groups in total. The van der Waals surface area contributed by atoms with Crippen molar-refractivity contribution in [3.8, 4) is 0 Å². The molecule has 0 aromatic heterocycles. The van der Waals surface area contributed by atoms with Crippen molar-refractivity contribution < 1.29 is 69.1 Å². The molecule has 7 atom stereocenters. The van der Waals surface area contributed by atoms with E-state index in [-0.39, 0.29) is 19.8 Å². The molecule has 1 heterocycles. The largest absolute Gasteiger partial charge is 0.452 e. The van der Waals surface area contributed by atoms with Crippen LogP contribution in [0.15, 0.2) is 0 Å². The molecule has 5 aliphatic rings. The quantitative estimate of drug-likeness (QED) is 0.259. The summed E-state index contributed by atoms with van der Waals surface area (Å²) < 4.78 is 126. The number of hydrogen-bond donors (Lipinski definition) is 1. The van der Waals surface area contributed by atoms with Gasteiger partial charge in [-0.15, -0.1) is 0 Å². The Kier molecular flexibility index (Phi) is 6.99. The van der Waals surface area contributed by atoms with Crippen molar-refractivity contribution in [1.82, 2.24) is 0 Å². The third-order valence-corrected chi connectivity index (χ3v) is 9.14. The van der Waals surface area contributed by atoms with Crippen LogP contribution in [-0.4, -0.2) is 84.1 Å². The molecule has 4 saturated carbocycles. The van der Waals surface area contributed by atoms with Crippen LogP contribution in [0.2, 0.25) is 0 Å². The summed E-state index contributed by atoms with van der Waals surface area (Å²) in [4.78, 5) is 23.6. The van der Waals surface area contributed by atoms with E-state index in [9.17, 15) is 32.3 Å². The van der Waals surface area contributed by atoms with Crippen LogP contribution in [-0.2, 0) is 33.3 Å². The van der Waals surface area contributed by atoms with E-state index in [4.69, 9.17) is 23.7 Å². The Morgan fingerprint density at radius 1 is 0.825 bits per heavy atom. The van der Waals surface area contributed by atoms with E-state index in [1.54, 1.807) is 0 Å². The topological polar surface area (TPSA) is 101 Å². The molecule has 40 heavy (non-hydrogen) atoms. The van der Waals surface area contributed by atoms with Gasteiger partial charge in [-0.05, 0) is 38.5 Å². The van der Waals surface area contributed by atoms with E-state index in [1.165, 1.54) is 0 Å². The fraction of sp³-hybridized carbons (Fsp3) is 0.920. The number of ether oxygens (including phenoxy) is 5. The lowest BCUT2D eigenvalue weighted by Crippen LogP contribution is -2.66. The zero-order chi connectivity index (χ0) is 29.5. The second-order valence-corrected chi connectivity index (χ2v) is 12.0. The van der Waals surface area contributed by atoms with Crippen LogP contribution >= 0.6 is 0 Å². The minimum Gasteiger partial charge on any atom is -0.452 e. The summed E-state index contributed by atoms with van der Waals surface area (Å²) in [7, 11) is 0. The first-order valence-corrected chi connectivity index (χ1v) is 13.2. The molecule has 1 saturated heterocycles. The highest BCUT2D eigenvalue weighted by molar-refractivity contribution is 5.77. The van der Waals surface area contributed by atoms with Crippen molar-refractivity contribution in [2.24, 2.45) is 23.7 Å². The monoisotopic (exact) mass is 592 g/mol. The predicted molar refractivity (Wildman–Crippen MR) is 117 cm³/mol. The first kappa shape index (κ1) is 29.8. The Bertz CT molecular complexity index is 1020. The summed E-state index contributed by atoms with van der Waals surface area (Å²) in [6.45, 7) is -3.64. The minimum atomic E-state index is -4.37. The van der Waals surface area contributed by atoms with Crippen molar-refractivity contribution in [3.05, 3.63) is 0 Å². The average Bonchev–Trinajstić information content (AvgIpc) is 3.62. The average molecular weight is 593 g/mol. The Labute approximate surface area is 224 Å². The highest BCUT2D eigenvalue weighted by atomic mass is 19.3.